The summed E-state index contributed by atoms with van der Waals surface area (Å²) in [5.41, 5.74) is 0. The van der Waals surface area contributed by atoms with Crippen molar-refractivity contribution in [3.8, 4) is 0 Å². The summed E-state index contributed by atoms with van der Waals surface area (Å²) < 4.78 is 10.4. The second-order valence-corrected chi connectivity index (χ2v) is 5.12. The topological polar surface area (TPSA) is 52.6 Å². The molecule has 0 radical (unpaired) electrons. The second kappa shape index (κ2) is 12.9. The summed E-state index contributed by atoms with van der Waals surface area (Å²) in [5.74, 6) is -0.311. The molecule has 0 amide bonds. The van der Waals surface area contributed by atoms with Crippen molar-refractivity contribution in [1.82, 2.24) is 0 Å². The minimum atomic E-state index is -0.171. The fraction of sp³-hybridized carbons (Fsp3) is 0.875. The van der Waals surface area contributed by atoms with Crippen LogP contribution >= 0.6 is 0 Å². The van der Waals surface area contributed by atoms with Gasteiger partial charge < -0.3 is 9.47 Å². The van der Waals surface area contributed by atoms with Crippen molar-refractivity contribution in [2.45, 2.75) is 84.7 Å². The molecule has 118 valence electrons. The molecule has 0 unspecified atom stereocenters. The third kappa shape index (κ3) is 10.8. The molecule has 0 aliphatic carbocycles. The average Bonchev–Trinajstić information content (AvgIpc) is 2.42. The van der Waals surface area contributed by atoms with Crippen LogP contribution < -0.4 is 0 Å². The van der Waals surface area contributed by atoms with Crippen LogP contribution in [0.15, 0.2) is 0 Å². The van der Waals surface area contributed by atoms with E-state index in [1.54, 1.807) is 0 Å². The van der Waals surface area contributed by atoms with E-state index in [0.717, 1.165) is 32.1 Å². The van der Waals surface area contributed by atoms with E-state index in [-0.39, 0.29) is 18.0 Å². The molecule has 0 aliphatic heterocycles. The molecule has 20 heavy (non-hydrogen) atoms. The SMILES string of the molecule is CCCOC(=O)CCCCC(=O)OC(CCC)CCC. The molecular weight excluding hydrogens is 256 g/mol. The van der Waals surface area contributed by atoms with Crippen LogP contribution in [-0.2, 0) is 19.1 Å². The summed E-state index contributed by atoms with van der Waals surface area (Å²) >= 11 is 0. The van der Waals surface area contributed by atoms with Crippen molar-refractivity contribution in [3.63, 3.8) is 0 Å². The van der Waals surface area contributed by atoms with Gasteiger partial charge in [0, 0.05) is 12.8 Å². The number of esters is 2. The molecule has 0 spiro atoms. The molecule has 0 aliphatic rings. The lowest BCUT2D eigenvalue weighted by atomic mass is 10.1. The van der Waals surface area contributed by atoms with Crippen molar-refractivity contribution in [2.75, 3.05) is 6.61 Å². The van der Waals surface area contributed by atoms with Crippen molar-refractivity contribution in [1.29, 1.82) is 0 Å². The lowest BCUT2D eigenvalue weighted by Gasteiger charge is -2.16. The van der Waals surface area contributed by atoms with Crippen LogP contribution in [0.25, 0.3) is 0 Å². The Labute approximate surface area is 123 Å². The van der Waals surface area contributed by atoms with Crippen molar-refractivity contribution >= 4 is 11.9 Å². The standard InChI is InChI=1S/C16H30O4/c1-4-9-14(10-5-2)20-16(18)12-8-7-11-15(17)19-13-6-3/h14H,4-13H2,1-3H3. The van der Waals surface area contributed by atoms with E-state index in [9.17, 15) is 9.59 Å². The molecule has 0 bridgehead atoms. The molecule has 0 rings (SSSR count). The van der Waals surface area contributed by atoms with E-state index < -0.39 is 0 Å². The van der Waals surface area contributed by atoms with Gasteiger partial charge in [-0.3, -0.25) is 9.59 Å². The highest BCUT2D eigenvalue weighted by Crippen LogP contribution is 2.12. The largest absolute Gasteiger partial charge is 0.466 e. The number of hydrogen-bond acceptors (Lipinski definition) is 4. The van der Waals surface area contributed by atoms with E-state index in [4.69, 9.17) is 9.47 Å². The molecule has 0 aromatic heterocycles. The van der Waals surface area contributed by atoms with Crippen LogP contribution in [0, 0.1) is 0 Å². The first kappa shape index (κ1) is 18.9. The minimum absolute atomic E-state index is 0.0621. The highest BCUT2D eigenvalue weighted by Gasteiger charge is 2.12. The maximum atomic E-state index is 11.7. The summed E-state index contributed by atoms with van der Waals surface area (Å²) in [5, 5.41) is 0. The summed E-state index contributed by atoms with van der Waals surface area (Å²) in [6.07, 6.45) is 6.98. The lowest BCUT2D eigenvalue weighted by molar-refractivity contribution is -0.150. The molecule has 0 N–H and O–H groups in total. The van der Waals surface area contributed by atoms with Crippen LogP contribution in [0.2, 0.25) is 0 Å². The Hall–Kier alpha value is -1.06. The van der Waals surface area contributed by atoms with Crippen molar-refractivity contribution in [3.05, 3.63) is 0 Å². The van der Waals surface area contributed by atoms with Gasteiger partial charge in [0.05, 0.1) is 6.61 Å². The normalized spacial score (nSPS) is 10.6. The third-order valence-corrected chi connectivity index (χ3v) is 3.00. The van der Waals surface area contributed by atoms with E-state index in [1.807, 2.05) is 6.92 Å². The third-order valence-electron chi connectivity index (χ3n) is 3.00. The predicted octanol–water partition coefficient (Wildman–Crippen LogP) is 4.01. The Kier molecular flexibility index (Phi) is 12.3. The van der Waals surface area contributed by atoms with Gasteiger partial charge in [-0.2, -0.15) is 0 Å². The van der Waals surface area contributed by atoms with E-state index >= 15 is 0 Å². The Morgan fingerprint density at radius 2 is 1.40 bits per heavy atom. The maximum Gasteiger partial charge on any atom is 0.306 e. The van der Waals surface area contributed by atoms with Gasteiger partial charge in [0.2, 0.25) is 0 Å². The zero-order valence-corrected chi connectivity index (χ0v) is 13.3. The fourth-order valence-electron chi connectivity index (χ4n) is 1.98. The van der Waals surface area contributed by atoms with Gasteiger partial charge in [0.1, 0.15) is 6.10 Å². The Morgan fingerprint density at radius 1 is 0.850 bits per heavy atom. The average molecular weight is 286 g/mol. The molecule has 0 aromatic rings. The van der Waals surface area contributed by atoms with Gasteiger partial charge in [0.15, 0.2) is 0 Å². The molecular formula is C16H30O4. The quantitative estimate of drug-likeness (QED) is 0.402. The molecule has 4 heteroatoms. The van der Waals surface area contributed by atoms with Crippen LogP contribution in [0.4, 0.5) is 0 Å². The summed E-state index contributed by atoms with van der Waals surface area (Å²) in [7, 11) is 0. The second-order valence-electron chi connectivity index (χ2n) is 5.12. The van der Waals surface area contributed by atoms with Crippen molar-refractivity contribution in [2.24, 2.45) is 0 Å². The molecule has 4 nitrogen and oxygen atoms in total. The number of carbonyl (C=O) groups excluding carboxylic acids is 2. The maximum absolute atomic E-state index is 11.7. The first-order valence-electron chi connectivity index (χ1n) is 7.99. The summed E-state index contributed by atoms with van der Waals surface area (Å²) in [6.45, 7) is 6.64. The molecule has 0 atom stereocenters. The lowest BCUT2D eigenvalue weighted by Crippen LogP contribution is -2.17. The zero-order chi connectivity index (χ0) is 15.2. The molecule has 0 saturated heterocycles. The highest BCUT2D eigenvalue weighted by atomic mass is 16.5. The fourth-order valence-corrected chi connectivity index (χ4v) is 1.98. The number of hydrogen-bond donors (Lipinski definition) is 0. The van der Waals surface area contributed by atoms with Gasteiger partial charge in [-0.1, -0.05) is 33.6 Å². The van der Waals surface area contributed by atoms with Gasteiger partial charge in [-0.25, -0.2) is 0 Å². The van der Waals surface area contributed by atoms with E-state index in [2.05, 4.69) is 13.8 Å². The molecule has 0 saturated carbocycles. The van der Waals surface area contributed by atoms with Gasteiger partial charge >= 0.3 is 11.9 Å². The van der Waals surface area contributed by atoms with Crippen LogP contribution in [0.5, 0.6) is 0 Å². The van der Waals surface area contributed by atoms with Gasteiger partial charge in [0.25, 0.3) is 0 Å². The summed E-state index contributed by atoms with van der Waals surface area (Å²) in [4.78, 5) is 22.9. The molecule has 0 aromatic carbocycles. The van der Waals surface area contributed by atoms with E-state index in [1.165, 1.54) is 0 Å². The Bertz CT molecular complexity index is 257. The first-order chi connectivity index (χ1) is 9.63. The molecule has 0 fully saturated rings. The van der Waals surface area contributed by atoms with Gasteiger partial charge in [-0.15, -0.1) is 0 Å². The van der Waals surface area contributed by atoms with Crippen LogP contribution in [-0.4, -0.2) is 24.6 Å². The molecule has 0 heterocycles. The van der Waals surface area contributed by atoms with Crippen LogP contribution in [0.3, 0.4) is 0 Å². The van der Waals surface area contributed by atoms with Gasteiger partial charge in [-0.05, 0) is 32.1 Å². The number of carbonyl (C=O) groups is 2. The highest BCUT2D eigenvalue weighted by molar-refractivity contribution is 5.70. The number of ether oxygens (including phenoxy) is 2. The zero-order valence-electron chi connectivity index (χ0n) is 13.3. The monoisotopic (exact) mass is 286 g/mol. The predicted molar refractivity (Wildman–Crippen MR) is 79.4 cm³/mol. The first-order valence-corrected chi connectivity index (χ1v) is 7.99. The Morgan fingerprint density at radius 3 is 1.90 bits per heavy atom. The van der Waals surface area contributed by atoms with E-state index in [0.29, 0.717) is 32.3 Å². The minimum Gasteiger partial charge on any atom is -0.466 e. The van der Waals surface area contributed by atoms with Crippen LogP contribution in [0.1, 0.15) is 78.6 Å². The smallest absolute Gasteiger partial charge is 0.306 e. The van der Waals surface area contributed by atoms with Crippen molar-refractivity contribution < 1.29 is 19.1 Å². The number of unbranched alkanes of at least 4 members (excludes halogenated alkanes) is 1. The summed E-state index contributed by atoms with van der Waals surface area (Å²) in [6, 6.07) is 0. The Balaban J connectivity index is 3.68. The number of rotatable bonds is 12.